The maximum absolute atomic E-state index is 12.0. The van der Waals surface area contributed by atoms with Crippen LogP contribution in [-0.2, 0) is 16.6 Å². The molecule has 24 heavy (non-hydrogen) atoms. The summed E-state index contributed by atoms with van der Waals surface area (Å²) in [5.41, 5.74) is 1.51. The quantitative estimate of drug-likeness (QED) is 0.748. The SMILES string of the molecule is CCc1ccc(C(C)(C)CNC(=O)NCC2(O)CCOCC2)cc1. The summed E-state index contributed by atoms with van der Waals surface area (Å²) in [6, 6.07) is 8.29. The third-order valence-corrected chi connectivity index (χ3v) is 4.84. The van der Waals surface area contributed by atoms with Crippen molar-refractivity contribution in [3.05, 3.63) is 35.4 Å². The van der Waals surface area contributed by atoms with Gasteiger partial charge in [-0.3, -0.25) is 0 Å². The summed E-state index contributed by atoms with van der Waals surface area (Å²) >= 11 is 0. The molecule has 0 unspecified atom stereocenters. The number of ether oxygens (including phenoxy) is 1. The van der Waals surface area contributed by atoms with Gasteiger partial charge >= 0.3 is 6.03 Å². The molecule has 1 fully saturated rings. The number of rotatable bonds is 6. The molecule has 1 heterocycles. The van der Waals surface area contributed by atoms with Crippen molar-refractivity contribution in [2.24, 2.45) is 0 Å². The van der Waals surface area contributed by atoms with E-state index in [0.717, 1.165) is 6.42 Å². The Labute approximate surface area is 144 Å². The average Bonchev–Trinajstić information content (AvgIpc) is 2.59. The summed E-state index contributed by atoms with van der Waals surface area (Å²) in [7, 11) is 0. The largest absolute Gasteiger partial charge is 0.388 e. The standard InChI is InChI=1S/C19H30N2O3/c1-4-15-5-7-16(8-6-15)18(2,3)13-20-17(22)21-14-19(23)9-11-24-12-10-19/h5-8,23H,4,9-14H2,1-3H3,(H2,20,21,22). The number of amides is 2. The predicted octanol–water partition coefficient (Wildman–Crippen LogP) is 2.37. The Morgan fingerprint density at radius 1 is 1.21 bits per heavy atom. The van der Waals surface area contributed by atoms with Crippen LogP contribution in [0.25, 0.3) is 0 Å². The minimum absolute atomic E-state index is 0.154. The van der Waals surface area contributed by atoms with Crippen LogP contribution in [0.4, 0.5) is 4.79 Å². The lowest BCUT2D eigenvalue weighted by Gasteiger charge is -2.32. The number of hydrogen-bond donors (Lipinski definition) is 3. The third-order valence-electron chi connectivity index (χ3n) is 4.84. The second-order valence-electron chi connectivity index (χ2n) is 7.31. The highest BCUT2D eigenvalue weighted by Gasteiger charge is 2.30. The lowest BCUT2D eigenvalue weighted by Crippen LogP contribution is -2.50. The normalized spacial score (nSPS) is 17.3. The summed E-state index contributed by atoms with van der Waals surface area (Å²) in [5.74, 6) is 0. The van der Waals surface area contributed by atoms with Crippen LogP contribution in [0.15, 0.2) is 24.3 Å². The second kappa shape index (κ2) is 7.99. The molecular formula is C19H30N2O3. The zero-order valence-corrected chi connectivity index (χ0v) is 15.0. The van der Waals surface area contributed by atoms with Crippen LogP contribution in [0.2, 0.25) is 0 Å². The van der Waals surface area contributed by atoms with Crippen molar-refractivity contribution in [3.8, 4) is 0 Å². The lowest BCUT2D eigenvalue weighted by atomic mass is 9.84. The van der Waals surface area contributed by atoms with Crippen molar-refractivity contribution >= 4 is 6.03 Å². The highest BCUT2D eigenvalue weighted by atomic mass is 16.5. The predicted molar refractivity (Wildman–Crippen MR) is 95.3 cm³/mol. The minimum Gasteiger partial charge on any atom is -0.388 e. The number of aryl methyl sites for hydroxylation is 1. The first-order valence-corrected chi connectivity index (χ1v) is 8.76. The van der Waals surface area contributed by atoms with Gasteiger partial charge in [-0.15, -0.1) is 0 Å². The molecule has 0 aliphatic carbocycles. The molecule has 0 bridgehead atoms. The Morgan fingerprint density at radius 3 is 2.42 bits per heavy atom. The lowest BCUT2D eigenvalue weighted by molar-refractivity contribution is -0.0600. The third kappa shape index (κ3) is 5.21. The van der Waals surface area contributed by atoms with Crippen molar-refractivity contribution < 1.29 is 14.6 Å². The van der Waals surface area contributed by atoms with Crippen LogP contribution in [0.5, 0.6) is 0 Å². The average molecular weight is 334 g/mol. The van der Waals surface area contributed by atoms with Crippen LogP contribution in [0, 0.1) is 0 Å². The minimum atomic E-state index is -0.846. The number of benzene rings is 1. The van der Waals surface area contributed by atoms with E-state index in [9.17, 15) is 9.90 Å². The molecule has 0 aromatic heterocycles. The zero-order valence-electron chi connectivity index (χ0n) is 15.0. The monoisotopic (exact) mass is 334 g/mol. The van der Waals surface area contributed by atoms with E-state index in [2.05, 4.69) is 55.7 Å². The highest BCUT2D eigenvalue weighted by molar-refractivity contribution is 5.74. The van der Waals surface area contributed by atoms with Crippen molar-refractivity contribution in [2.75, 3.05) is 26.3 Å². The number of carbonyl (C=O) groups excluding carboxylic acids is 1. The van der Waals surface area contributed by atoms with Gasteiger partial charge in [0.25, 0.3) is 0 Å². The van der Waals surface area contributed by atoms with E-state index in [1.165, 1.54) is 11.1 Å². The van der Waals surface area contributed by atoms with Crippen molar-refractivity contribution in [2.45, 2.75) is 51.0 Å². The van der Waals surface area contributed by atoms with E-state index < -0.39 is 5.60 Å². The molecule has 134 valence electrons. The maximum atomic E-state index is 12.0. The molecule has 1 aliphatic heterocycles. The molecule has 5 nitrogen and oxygen atoms in total. The number of aliphatic hydroxyl groups is 1. The van der Waals surface area contributed by atoms with Gasteiger partial charge in [-0.05, 0) is 17.5 Å². The molecule has 1 aromatic rings. The molecule has 1 aromatic carbocycles. The fraction of sp³-hybridized carbons (Fsp3) is 0.632. The van der Waals surface area contributed by atoms with Gasteiger partial charge in [0.1, 0.15) is 0 Å². The molecule has 3 N–H and O–H groups in total. The molecule has 2 rings (SSSR count). The van der Waals surface area contributed by atoms with E-state index >= 15 is 0 Å². The Balaban J connectivity index is 1.81. The van der Waals surface area contributed by atoms with Gasteiger partial charge < -0.3 is 20.5 Å². The van der Waals surface area contributed by atoms with E-state index in [-0.39, 0.29) is 18.0 Å². The van der Waals surface area contributed by atoms with Crippen LogP contribution in [-0.4, -0.2) is 43.0 Å². The van der Waals surface area contributed by atoms with Gasteiger partial charge in [-0.2, -0.15) is 0 Å². The van der Waals surface area contributed by atoms with E-state index in [1.54, 1.807) is 0 Å². The fourth-order valence-electron chi connectivity index (χ4n) is 2.83. The molecule has 0 radical (unpaired) electrons. The number of carbonyl (C=O) groups is 1. The Bertz CT molecular complexity index is 534. The first-order valence-electron chi connectivity index (χ1n) is 8.76. The van der Waals surface area contributed by atoms with Gasteiger partial charge in [-0.25, -0.2) is 4.79 Å². The number of nitrogens with one attached hydrogen (secondary N) is 2. The topological polar surface area (TPSA) is 70.6 Å². The van der Waals surface area contributed by atoms with Gasteiger partial charge in [0.15, 0.2) is 0 Å². The van der Waals surface area contributed by atoms with Gasteiger partial charge in [0, 0.05) is 44.6 Å². The molecular weight excluding hydrogens is 304 g/mol. The summed E-state index contributed by atoms with van der Waals surface area (Å²) < 4.78 is 5.24. The summed E-state index contributed by atoms with van der Waals surface area (Å²) in [5, 5.41) is 16.0. The van der Waals surface area contributed by atoms with Crippen LogP contribution in [0.1, 0.15) is 44.7 Å². The van der Waals surface area contributed by atoms with Crippen LogP contribution in [0.3, 0.4) is 0 Å². The van der Waals surface area contributed by atoms with Crippen molar-refractivity contribution in [1.82, 2.24) is 10.6 Å². The van der Waals surface area contributed by atoms with Crippen LogP contribution >= 0.6 is 0 Å². The van der Waals surface area contributed by atoms with Gasteiger partial charge in [0.2, 0.25) is 0 Å². The van der Waals surface area contributed by atoms with E-state index in [0.29, 0.717) is 32.6 Å². The summed E-state index contributed by atoms with van der Waals surface area (Å²) in [6.07, 6.45) is 2.14. The molecule has 0 spiro atoms. The van der Waals surface area contributed by atoms with Gasteiger partial charge in [0.05, 0.1) is 5.60 Å². The first kappa shape index (κ1) is 18.7. The number of urea groups is 1. The Kier molecular flexibility index (Phi) is 6.24. The Hall–Kier alpha value is -1.59. The van der Waals surface area contributed by atoms with Gasteiger partial charge in [-0.1, -0.05) is 45.0 Å². The smallest absolute Gasteiger partial charge is 0.314 e. The summed E-state index contributed by atoms with van der Waals surface area (Å²) in [6.45, 7) is 8.24. The zero-order chi connectivity index (χ0) is 17.6. The molecule has 0 atom stereocenters. The number of hydrogen-bond acceptors (Lipinski definition) is 3. The second-order valence-corrected chi connectivity index (χ2v) is 7.31. The van der Waals surface area contributed by atoms with E-state index in [1.807, 2.05) is 0 Å². The van der Waals surface area contributed by atoms with E-state index in [4.69, 9.17) is 4.74 Å². The molecule has 1 aliphatic rings. The molecule has 1 saturated heterocycles. The highest BCUT2D eigenvalue weighted by Crippen LogP contribution is 2.23. The van der Waals surface area contributed by atoms with Crippen molar-refractivity contribution in [3.63, 3.8) is 0 Å². The summed E-state index contributed by atoms with van der Waals surface area (Å²) in [4.78, 5) is 12.0. The Morgan fingerprint density at radius 2 is 1.83 bits per heavy atom. The maximum Gasteiger partial charge on any atom is 0.314 e. The molecule has 0 saturated carbocycles. The fourth-order valence-corrected chi connectivity index (χ4v) is 2.83. The first-order chi connectivity index (χ1) is 11.3. The van der Waals surface area contributed by atoms with Crippen LogP contribution < -0.4 is 10.6 Å². The molecule has 5 heteroatoms. The van der Waals surface area contributed by atoms with Crippen molar-refractivity contribution in [1.29, 1.82) is 0 Å². The molecule has 2 amide bonds.